The molecule has 0 spiro atoms. The van der Waals surface area contributed by atoms with Crippen LogP contribution in [0.1, 0.15) is 54.9 Å². The summed E-state index contributed by atoms with van der Waals surface area (Å²) >= 11 is 0. The molecule has 0 saturated carbocycles. The standard InChI is InChI=1S/C29H31FN2O/c1-4-21(3)31-29(33)17-26(23-9-7-8-20(2)16-23)27-19-32(28-11-6-5-10-25(27)28)18-22-12-14-24(30)15-13-22/h5-16,19,21,26H,4,17-18H2,1-3H3,(H,31,33)/t21-,26-/m0/s1. The molecule has 33 heavy (non-hydrogen) atoms. The van der Waals surface area contributed by atoms with Gasteiger partial charge in [-0.15, -0.1) is 0 Å². The third-order valence-electron chi connectivity index (χ3n) is 6.31. The Hall–Kier alpha value is -3.40. The fraction of sp³-hybridized carbons (Fsp3) is 0.276. The summed E-state index contributed by atoms with van der Waals surface area (Å²) < 4.78 is 15.6. The highest BCUT2D eigenvalue weighted by atomic mass is 19.1. The zero-order valence-electron chi connectivity index (χ0n) is 19.5. The van der Waals surface area contributed by atoms with Crippen molar-refractivity contribution in [1.29, 1.82) is 0 Å². The van der Waals surface area contributed by atoms with Gasteiger partial charge in [-0.3, -0.25) is 4.79 Å². The minimum atomic E-state index is -0.233. The predicted octanol–water partition coefficient (Wildman–Crippen LogP) is 6.57. The molecule has 0 aliphatic rings. The van der Waals surface area contributed by atoms with Crippen LogP contribution in [0.25, 0.3) is 10.9 Å². The van der Waals surface area contributed by atoms with Crippen LogP contribution in [0.5, 0.6) is 0 Å². The van der Waals surface area contributed by atoms with Crippen molar-refractivity contribution in [2.75, 3.05) is 0 Å². The van der Waals surface area contributed by atoms with Crippen molar-refractivity contribution in [3.05, 3.63) is 107 Å². The van der Waals surface area contributed by atoms with Gasteiger partial charge in [0, 0.05) is 42.0 Å². The van der Waals surface area contributed by atoms with E-state index >= 15 is 0 Å². The van der Waals surface area contributed by atoms with Crippen molar-refractivity contribution in [2.45, 2.75) is 52.1 Å². The van der Waals surface area contributed by atoms with Crippen LogP contribution < -0.4 is 5.32 Å². The third-order valence-corrected chi connectivity index (χ3v) is 6.31. The highest BCUT2D eigenvalue weighted by Gasteiger charge is 2.23. The quantitative estimate of drug-likeness (QED) is 0.329. The number of nitrogens with one attached hydrogen (secondary N) is 1. The minimum absolute atomic E-state index is 0.0613. The number of amides is 1. The summed E-state index contributed by atoms with van der Waals surface area (Å²) in [6.07, 6.45) is 3.45. The van der Waals surface area contributed by atoms with E-state index in [-0.39, 0.29) is 23.7 Å². The maximum absolute atomic E-state index is 13.4. The Kier molecular flexibility index (Phi) is 6.93. The Labute approximate surface area is 195 Å². The summed E-state index contributed by atoms with van der Waals surface area (Å²) in [6, 6.07) is 23.5. The van der Waals surface area contributed by atoms with Crippen molar-refractivity contribution in [1.82, 2.24) is 9.88 Å². The molecule has 1 heterocycles. The summed E-state index contributed by atoms with van der Waals surface area (Å²) in [5.41, 5.74) is 5.59. The highest BCUT2D eigenvalue weighted by molar-refractivity contribution is 5.87. The first-order chi connectivity index (χ1) is 15.9. The molecule has 0 radical (unpaired) electrons. The number of benzene rings is 3. The molecule has 0 aliphatic carbocycles. The molecule has 4 heteroatoms. The summed E-state index contributed by atoms with van der Waals surface area (Å²) in [4.78, 5) is 13.0. The molecule has 0 unspecified atom stereocenters. The van der Waals surface area contributed by atoms with Gasteiger partial charge >= 0.3 is 0 Å². The summed E-state index contributed by atoms with van der Waals surface area (Å²) in [5.74, 6) is -0.233. The van der Waals surface area contributed by atoms with Crippen molar-refractivity contribution >= 4 is 16.8 Å². The number of halogens is 1. The zero-order chi connectivity index (χ0) is 23.4. The van der Waals surface area contributed by atoms with Crippen LogP contribution in [-0.2, 0) is 11.3 Å². The van der Waals surface area contributed by atoms with Crippen LogP contribution in [0, 0.1) is 12.7 Å². The first-order valence-electron chi connectivity index (χ1n) is 11.6. The summed E-state index contributed by atoms with van der Waals surface area (Å²) in [5, 5.41) is 4.27. The Morgan fingerprint density at radius 2 is 1.79 bits per heavy atom. The number of carbonyl (C=O) groups excluding carboxylic acids is 1. The maximum Gasteiger partial charge on any atom is 0.221 e. The van der Waals surface area contributed by atoms with Gasteiger partial charge in [-0.25, -0.2) is 4.39 Å². The topological polar surface area (TPSA) is 34.0 Å². The van der Waals surface area contributed by atoms with Crippen LogP contribution in [0.4, 0.5) is 4.39 Å². The van der Waals surface area contributed by atoms with Crippen LogP contribution in [-0.4, -0.2) is 16.5 Å². The second-order valence-electron chi connectivity index (χ2n) is 8.90. The largest absolute Gasteiger partial charge is 0.354 e. The number of rotatable bonds is 8. The van der Waals surface area contributed by atoms with Crippen molar-refractivity contribution in [3.63, 3.8) is 0 Å². The molecule has 1 N–H and O–H groups in total. The van der Waals surface area contributed by atoms with Crippen molar-refractivity contribution in [2.24, 2.45) is 0 Å². The smallest absolute Gasteiger partial charge is 0.221 e. The molecule has 1 aromatic heterocycles. The average Bonchev–Trinajstić information content (AvgIpc) is 3.17. The lowest BCUT2D eigenvalue weighted by molar-refractivity contribution is -0.121. The van der Waals surface area contributed by atoms with Crippen molar-refractivity contribution < 1.29 is 9.18 Å². The summed E-state index contributed by atoms with van der Waals surface area (Å²) in [6.45, 7) is 6.83. The van der Waals surface area contributed by atoms with Gasteiger partial charge in [0.15, 0.2) is 0 Å². The molecule has 0 fully saturated rings. The van der Waals surface area contributed by atoms with E-state index in [1.807, 2.05) is 31.2 Å². The normalized spacial score (nSPS) is 13.1. The number of aromatic nitrogens is 1. The Bertz CT molecular complexity index is 1240. The Morgan fingerprint density at radius 1 is 1.03 bits per heavy atom. The van der Waals surface area contributed by atoms with Gasteiger partial charge < -0.3 is 9.88 Å². The lowest BCUT2D eigenvalue weighted by Crippen LogP contribution is -2.33. The van der Waals surface area contributed by atoms with Gasteiger partial charge in [0.1, 0.15) is 5.82 Å². The van der Waals surface area contributed by atoms with E-state index in [2.05, 4.69) is 66.3 Å². The Balaban J connectivity index is 1.77. The van der Waals surface area contributed by atoms with Crippen LogP contribution in [0.3, 0.4) is 0 Å². The molecule has 0 saturated heterocycles. The zero-order valence-corrected chi connectivity index (χ0v) is 19.5. The number of para-hydroxylation sites is 1. The molecule has 3 aromatic carbocycles. The molecular formula is C29H31FN2O. The van der Waals surface area contributed by atoms with Crippen LogP contribution >= 0.6 is 0 Å². The summed E-state index contributed by atoms with van der Waals surface area (Å²) in [7, 11) is 0. The molecule has 0 aliphatic heterocycles. The van der Waals surface area contributed by atoms with Crippen LogP contribution in [0.15, 0.2) is 79.0 Å². The molecule has 3 nitrogen and oxygen atoms in total. The molecule has 0 bridgehead atoms. The van der Waals surface area contributed by atoms with E-state index in [0.717, 1.165) is 34.0 Å². The van der Waals surface area contributed by atoms with E-state index in [9.17, 15) is 9.18 Å². The van der Waals surface area contributed by atoms with Crippen molar-refractivity contribution in [3.8, 4) is 0 Å². The fourth-order valence-corrected chi connectivity index (χ4v) is 4.39. The third kappa shape index (κ3) is 5.33. The van der Waals surface area contributed by atoms with Gasteiger partial charge in [0.2, 0.25) is 5.91 Å². The van der Waals surface area contributed by atoms with Gasteiger partial charge in [0.05, 0.1) is 0 Å². The number of fused-ring (bicyclic) bond motifs is 1. The van der Waals surface area contributed by atoms with E-state index in [1.54, 1.807) is 0 Å². The molecule has 4 aromatic rings. The minimum Gasteiger partial charge on any atom is -0.354 e. The number of nitrogens with zero attached hydrogens (tertiary/aromatic N) is 1. The molecule has 1 amide bonds. The SMILES string of the molecule is CC[C@H](C)NC(=O)C[C@@H](c1cccc(C)c1)c1cn(Cc2ccc(F)cc2)c2ccccc12. The molecular weight excluding hydrogens is 411 g/mol. The lowest BCUT2D eigenvalue weighted by Gasteiger charge is -2.19. The van der Waals surface area contributed by atoms with E-state index < -0.39 is 0 Å². The van der Waals surface area contributed by atoms with Gasteiger partial charge in [0.25, 0.3) is 0 Å². The first-order valence-corrected chi connectivity index (χ1v) is 11.6. The predicted molar refractivity (Wildman–Crippen MR) is 133 cm³/mol. The second-order valence-corrected chi connectivity index (χ2v) is 8.90. The first kappa shape index (κ1) is 22.8. The molecule has 4 rings (SSSR count). The van der Waals surface area contributed by atoms with Gasteiger partial charge in [-0.2, -0.15) is 0 Å². The van der Waals surface area contributed by atoms with Gasteiger partial charge in [-0.1, -0.05) is 67.1 Å². The lowest BCUT2D eigenvalue weighted by atomic mass is 9.87. The Morgan fingerprint density at radius 3 is 2.52 bits per heavy atom. The number of hydrogen-bond donors (Lipinski definition) is 1. The number of aryl methyl sites for hydroxylation is 1. The van der Waals surface area contributed by atoms with Crippen LogP contribution in [0.2, 0.25) is 0 Å². The second kappa shape index (κ2) is 10.0. The molecule has 2 atom stereocenters. The number of carbonyl (C=O) groups is 1. The monoisotopic (exact) mass is 442 g/mol. The highest BCUT2D eigenvalue weighted by Crippen LogP contribution is 2.35. The number of hydrogen-bond acceptors (Lipinski definition) is 1. The molecule has 170 valence electrons. The van der Waals surface area contributed by atoms with E-state index in [4.69, 9.17) is 0 Å². The maximum atomic E-state index is 13.4. The van der Waals surface area contributed by atoms with E-state index in [0.29, 0.717) is 13.0 Å². The van der Waals surface area contributed by atoms with Gasteiger partial charge in [-0.05, 0) is 55.2 Å². The average molecular weight is 443 g/mol. The fourth-order valence-electron chi connectivity index (χ4n) is 4.39. The van der Waals surface area contributed by atoms with E-state index in [1.165, 1.54) is 17.7 Å².